The second-order valence-electron chi connectivity index (χ2n) is 15.3. The molecule has 0 aromatic carbocycles. The van der Waals surface area contributed by atoms with Crippen LogP contribution >= 0.6 is 31.3 Å². The molecule has 42 nitrogen and oxygen atoms in total. The molecule has 6 atom stereocenters. The Kier molecular flexibility index (Phi) is 32.4. The summed E-state index contributed by atoms with van der Waals surface area (Å²) in [7, 11) is -24.2. The Hall–Kier alpha value is -4.20. The lowest BCUT2D eigenvalue weighted by Gasteiger charge is -2.52. The van der Waals surface area contributed by atoms with Crippen molar-refractivity contribution in [3.05, 3.63) is 0 Å². The van der Waals surface area contributed by atoms with E-state index in [1.807, 2.05) is 0 Å². The van der Waals surface area contributed by atoms with E-state index in [0.717, 1.165) is 55.4 Å². The van der Waals surface area contributed by atoms with Crippen molar-refractivity contribution in [3.63, 3.8) is 0 Å². The predicted octanol–water partition coefficient (Wildman–Crippen LogP) is 3.41. The molecule has 0 spiro atoms. The fraction of sp³-hybridized carbons (Fsp3) is 0.778. The highest BCUT2D eigenvalue weighted by Crippen LogP contribution is 2.65. The first-order valence-corrected chi connectivity index (χ1v) is 28.2. The lowest BCUT2D eigenvalue weighted by Crippen LogP contribution is -2.71. The molecule has 0 unspecified atom stereocenters. The Morgan fingerprint density at radius 3 is 0.841 bits per heavy atom. The summed E-state index contributed by atoms with van der Waals surface area (Å²) in [6, 6.07) is 0. The van der Waals surface area contributed by atoms with Gasteiger partial charge in [0.15, 0.2) is 5.79 Å². The van der Waals surface area contributed by atoms with E-state index in [0.29, 0.717) is 0 Å². The second kappa shape index (κ2) is 35.9. The van der Waals surface area contributed by atoms with Crippen LogP contribution in [0, 0.1) is 0 Å². The molecule has 1 aliphatic carbocycles. The third-order valence-corrected chi connectivity index (χ3v) is 12.6. The summed E-state index contributed by atoms with van der Waals surface area (Å²) in [4.78, 5) is 131. The molecule has 0 aromatic rings. The van der Waals surface area contributed by atoms with E-state index < -0.39 is 182 Å². The minimum absolute atomic E-state index is 0.194. The molecule has 0 amide bonds. The zero-order valence-corrected chi connectivity index (χ0v) is 48.5. The lowest BCUT2D eigenvalue weighted by molar-refractivity contribution is -0.342. The Morgan fingerprint density at radius 1 is 0.366 bits per heavy atom. The van der Waals surface area contributed by atoms with Gasteiger partial charge in [-0.25, -0.2) is 18.3 Å². The fourth-order valence-electron chi connectivity index (χ4n) is 5.87. The van der Waals surface area contributed by atoms with Crippen molar-refractivity contribution < 1.29 is 199 Å². The van der Waals surface area contributed by atoms with Gasteiger partial charge < -0.3 is 47.4 Å². The normalized spacial score (nSPS) is 20.6. The van der Waals surface area contributed by atoms with Crippen molar-refractivity contribution in [1.82, 2.24) is 0 Å². The molecule has 0 aromatic heterocycles. The molecule has 1 heterocycles. The highest BCUT2D eigenvalue weighted by atomic mass is 31.2. The summed E-state index contributed by atoms with van der Waals surface area (Å²) in [6.45, 7) is 0.741. The zero-order valence-electron chi connectivity index (χ0n) is 44.9. The quantitative estimate of drug-likeness (QED) is 0.0161. The molecular formula is C36H58O42P4. The van der Waals surface area contributed by atoms with Crippen LogP contribution < -0.4 is 0 Å². The van der Waals surface area contributed by atoms with E-state index in [9.17, 15) is 52.1 Å². The van der Waals surface area contributed by atoms with E-state index in [2.05, 4.69) is 37.9 Å². The third kappa shape index (κ3) is 28.1. The first kappa shape index (κ1) is 73.9. The van der Waals surface area contributed by atoms with Gasteiger partial charge in [-0.2, -0.15) is 39.1 Å². The summed E-state index contributed by atoms with van der Waals surface area (Å²) < 4.78 is 172. The SMILES string of the molecule is CCC[C@]12OC(C)(C)O[C@H]1[C@H](OP(=O)(OOCOC(C)=O)OOCOC(C)=O)[C@@H](OP(=O)(OOCOC(C)=O)OOCOC(C)=O)[C@H](OP(=O)(OOCOC(C)=O)OOCOC(C)=O)[C@H]2OP(=O)(OOCOC(C)=O)OOCOC(C)=O. The zero-order chi connectivity index (χ0) is 61.8. The van der Waals surface area contributed by atoms with Gasteiger partial charge in [-0.1, -0.05) is 13.3 Å². The molecular weight excluding hydrogens is 1230 g/mol. The minimum Gasteiger partial charge on any atom is -0.436 e. The number of hydrogen-bond acceptors (Lipinski definition) is 42. The maximum atomic E-state index is 15.0. The van der Waals surface area contributed by atoms with Crippen molar-refractivity contribution >= 4 is 79.0 Å². The van der Waals surface area contributed by atoms with Crippen LogP contribution in [-0.2, 0) is 199 Å². The molecule has 1 saturated carbocycles. The molecule has 2 aliphatic rings. The Morgan fingerprint density at radius 2 is 0.598 bits per heavy atom. The van der Waals surface area contributed by atoms with Crippen LogP contribution in [0.25, 0.3) is 0 Å². The summed E-state index contributed by atoms with van der Waals surface area (Å²) in [5.74, 6) is -10.4. The van der Waals surface area contributed by atoms with Gasteiger partial charge in [-0.05, 0) is 20.3 Å². The van der Waals surface area contributed by atoms with Crippen LogP contribution in [0.5, 0.6) is 0 Å². The molecule has 0 bridgehead atoms. The smallest absolute Gasteiger partial charge is 0.436 e. The van der Waals surface area contributed by atoms with Crippen molar-refractivity contribution in [2.45, 2.75) is 131 Å². The van der Waals surface area contributed by atoms with Crippen LogP contribution in [0.15, 0.2) is 0 Å². The van der Waals surface area contributed by atoms with Gasteiger partial charge in [-0.15, -0.1) is 37.4 Å². The van der Waals surface area contributed by atoms with Crippen molar-refractivity contribution in [1.29, 1.82) is 0 Å². The topological polar surface area (TPSA) is 482 Å². The standard InChI is InChI=1S/C36H58O42P4/c1-12-13-36-33(65-35(10,11)70-36)31(67-80(46,73-59-16-51-24(4)39)74-60-17-52-25(5)40)30(66-79(45,71-57-14-49-22(2)37)72-58-15-50-23(3)38)32(68-81(47,75-61-18-53-26(6)41)76-62-19-54-27(7)42)34(36)69-82(48,77-63-20-55-28(8)43)78-64-21-56-29(9)44/h30-34H,12-21H2,1-11H3/t30-,31-,32+,33+,34-,36+/m1/s1. The number of esters is 8. The Labute approximate surface area is 462 Å². The number of rotatable bonds is 42. The first-order valence-electron chi connectivity index (χ1n) is 22.4. The molecule has 474 valence electrons. The number of hydrogen-bond donors (Lipinski definition) is 0. The molecule has 0 radical (unpaired) electrons. The average molecular weight is 1290 g/mol. The summed E-state index contributed by atoms with van der Waals surface area (Å²) in [6.07, 6.45) is -14.6. The van der Waals surface area contributed by atoms with Crippen LogP contribution in [0.4, 0.5) is 0 Å². The van der Waals surface area contributed by atoms with Crippen molar-refractivity contribution in [3.8, 4) is 0 Å². The maximum Gasteiger partial charge on any atom is 0.530 e. The third-order valence-electron chi connectivity index (χ3n) is 8.32. The van der Waals surface area contributed by atoms with Gasteiger partial charge in [0.1, 0.15) is 36.1 Å². The summed E-state index contributed by atoms with van der Waals surface area (Å²) >= 11 is 0. The number of ether oxygens (including phenoxy) is 10. The van der Waals surface area contributed by atoms with Gasteiger partial charge >= 0.3 is 79.0 Å². The molecule has 2 fully saturated rings. The van der Waals surface area contributed by atoms with Crippen LogP contribution in [0.2, 0.25) is 0 Å². The van der Waals surface area contributed by atoms with E-state index in [-0.39, 0.29) is 6.42 Å². The number of carbonyl (C=O) groups is 8. The van der Waals surface area contributed by atoms with Gasteiger partial charge in [0, 0.05) is 55.4 Å². The van der Waals surface area contributed by atoms with Crippen LogP contribution in [0.3, 0.4) is 0 Å². The van der Waals surface area contributed by atoms with Gasteiger partial charge in [-0.3, -0.25) is 56.5 Å². The van der Waals surface area contributed by atoms with E-state index >= 15 is 4.57 Å². The number of carbonyl (C=O) groups excluding carboxylic acids is 8. The largest absolute Gasteiger partial charge is 0.530 e. The molecule has 1 aliphatic heterocycles. The predicted molar refractivity (Wildman–Crippen MR) is 238 cm³/mol. The monoisotopic (exact) mass is 1290 g/mol. The minimum atomic E-state index is -6.13. The maximum absolute atomic E-state index is 15.0. The summed E-state index contributed by atoms with van der Waals surface area (Å²) in [5, 5.41) is 0. The molecule has 46 heteroatoms. The van der Waals surface area contributed by atoms with Crippen molar-refractivity contribution in [2.75, 3.05) is 54.3 Å². The molecule has 82 heavy (non-hydrogen) atoms. The van der Waals surface area contributed by atoms with Gasteiger partial charge in [0.2, 0.25) is 54.3 Å². The molecule has 2 rings (SSSR count). The Bertz CT molecular complexity index is 2190. The van der Waals surface area contributed by atoms with Crippen molar-refractivity contribution in [2.24, 2.45) is 0 Å². The molecule has 1 saturated heterocycles. The highest BCUT2D eigenvalue weighted by Gasteiger charge is 2.73. The van der Waals surface area contributed by atoms with Crippen LogP contribution in [-0.4, -0.2) is 144 Å². The number of phosphoric acid groups is 4. The fourth-order valence-corrected chi connectivity index (χ4v) is 9.80. The highest BCUT2D eigenvalue weighted by molar-refractivity contribution is 7.49. The van der Waals surface area contributed by atoms with E-state index in [1.165, 1.54) is 20.8 Å². The summed E-state index contributed by atoms with van der Waals surface area (Å²) in [5.41, 5.74) is -2.70. The van der Waals surface area contributed by atoms with Gasteiger partial charge in [0.05, 0.1) is 0 Å². The van der Waals surface area contributed by atoms with Gasteiger partial charge in [0.25, 0.3) is 0 Å². The second-order valence-corrected chi connectivity index (χ2v) is 21.0. The first-order chi connectivity index (χ1) is 38.3. The Balaban J connectivity index is 3.35. The van der Waals surface area contributed by atoms with E-state index in [4.69, 9.17) is 104 Å². The lowest BCUT2D eigenvalue weighted by atomic mass is 9.72. The van der Waals surface area contributed by atoms with E-state index in [1.54, 1.807) is 0 Å². The molecule has 0 N–H and O–H groups in total. The number of fused-ring (bicyclic) bond motifs is 1. The average Bonchev–Trinajstić information content (AvgIpc) is 2.20. The van der Waals surface area contributed by atoms with Crippen LogP contribution in [0.1, 0.15) is 89.0 Å².